The Labute approximate surface area is 99.1 Å². The highest BCUT2D eigenvalue weighted by molar-refractivity contribution is 6.42. The topological polar surface area (TPSA) is 26.3 Å². The first-order chi connectivity index (χ1) is 7.02. The van der Waals surface area contributed by atoms with Gasteiger partial charge in [-0.05, 0) is 12.1 Å². The minimum atomic E-state index is -0.0389. The summed E-state index contributed by atoms with van der Waals surface area (Å²) < 4.78 is 5.27. The number of rotatable bonds is 4. The molecule has 0 aliphatic rings. The molecular weight excluding hydrogens is 235 g/mol. The van der Waals surface area contributed by atoms with Gasteiger partial charge in [-0.15, -0.1) is 0 Å². The standard InChI is InChI=1S/C11H12Cl2O2/c1-7(2)9(14)6-15-10-5-3-4-8(12)11(10)13/h3-5,7H,6H2,1-2H3. The Hall–Kier alpha value is -0.730. The van der Waals surface area contributed by atoms with Crippen LogP contribution in [0.1, 0.15) is 13.8 Å². The summed E-state index contributed by atoms with van der Waals surface area (Å²) in [6.45, 7) is 3.67. The normalized spacial score (nSPS) is 10.5. The molecule has 0 aromatic heterocycles. The second-order valence-electron chi connectivity index (χ2n) is 3.46. The zero-order chi connectivity index (χ0) is 11.4. The first-order valence-electron chi connectivity index (χ1n) is 4.62. The summed E-state index contributed by atoms with van der Waals surface area (Å²) in [6.07, 6.45) is 0. The Morgan fingerprint density at radius 2 is 2.07 bits per heavy atom. The lowest BCUT2D eigenvalue weighted by Gasteiger charge is -2.09. The van der Waals surface area contributed by atoms with E-state index in [-0.39, 0.29) is 18.3 Å². The highest BCUT2D eigenvalue weighted by atomic mass is 35.5. The molecule has 0 bridgehead atoms. The lowest BCUT2D eigenvalue weighted by molar-refractivity contribution is -0.123. The third kappa shape index (κ3) is 3.40. The van der Waals surface area contributed by atoms with Gasteiger partial charge in [-0.3, -0.25) is 4.79 Å². The molecule has 15 heavy (non-hydrogen) atoms. The number of Topliss-reactive ketones (excluding diaryl/α,β-unsaturated/α-hetero) is 1. The number of halogens is 2. The van der Waals surface area contributed by atoms with Gasteiger partial charge < -0.3 is 4.74 Å². The van der Waals surface area contributed by atoms with Gasteiger partial charge in [-0.2, -0.15) is 0 Å². The van der Waals surface area contributed by atoms with Crippen LogP contribution in [0.4, 0.5) is 0 Å². The van der Waals surface area contributed by atoms with Gasteiger partial charge in [0.15, 0.2) is 5.78 Å². The molecule has 1 aromatic rings. The molecule has 0 radical (unpaired) electrons. The fourth-order valence-corrected chi connectivity index (χ4v) is 1.26. The molecule has 4 heteroatoms. The molecule has 1 rings (SSSR count). The molecule has 0 amide bonds. The van der Waals surface area contributed by atoms with E-state index in [0.717, 1.165) is 0 Å². The molecule has 0 N–H and O–H groups in total. The minimum absolute atomic E-state index is 0.0255. The van der Waals surface area contributed by atoms with E-state index in [1.54, 1.807) is 18.2 Å². The summed E-state index contributed by atoms with van der Waals surface area (Å²) in [4.78, 5) is 11.3. The molecule has 0 atom stereocenters. The van der Waals surface area contributed by atoms with E-state index in [1.807, 2.05) is 13.8 Å². The molecule has 1 aromatic carbocycles. The average Bonchev–Trinajstić information content (AvgIpc) is 2.19. The highest BCUT2D eigenvalue weighted by Gasteiger charge is 2.10. The Morgan fingerprint density at radius 1 is 1.40 bits per heavy atom. The molecule has 0 fully saturated rings. The van der Waals surface area contributed by atoms with E-state index >= 15 is 0 Å². The Balaban J connectivity index is 2.66. The van der Waals surface area contributed by atoms with Crippen molar-refractivity contribution in [3.63, 3.8) is 0 Å². The van der Waals surface area contributed by atoms with Crippen LogP contribution in [-0.4, -0.2) is 12.4 Å². The van der Waals surface area contributed by atoms with Crippen LogP contribution in [0.25, 0.3) is 0 Å². The van der Waals surface area contributed by atoms with Crippen LogP contribution in [0.5, 0.6) is 5.75 Å². The number of ketones is 1. The Morgan fingerprint density at radius 3 is 2.67 bits per heavy atom. The van der Waals surface area contributed by atoms with Crippen molar-refractivity contribution in [1.29, 1.82) is 0 Å². The van der Waals surface area contributed by atoms with E-state index in [0.29, 0.717) is 15.8 Å². The average molecular weight is 247 g/mol. The van der Waals surface area contributed by atoms with Crippen molar-refractivity contribution >= 4 is 29.0 Å². The summed E-state index contributed by atoms with van der Waals surface area (Å²) >= 11 is 11.7. The maximum atomic E-state index is 11.3. The molecule has 0 heterocycles. The lowest BCUT2D eigenvalue weighted by Crippen LogP contribution is -2.16. The summed E-state index contributed by atoms with van der Waals surface area (Å²) in [6, 6.07) is 5.08. The van der Waals surface area contributed by atoms with Gasteiger partial charge in [-0.25, -0.2) is 0 Å². The van der Waals surface area contributed by atoms with Crippen molar-refractivity contribution in [3.8, 4) is 5.75 Å². The highest BCUT2D eigenvalue weighted by Crippen LogP contribution is 2.31. The van der Waals surface area contributed by atoms with Gasteiger partial charge >= 0.3 is 0 Å². The smallest absolute Gasteiger partial charge is 0.172 e. The van der Waals surface area contributed by atoms with E-state index < -0.39 is 0 Å². The first-order valence-corrected chi connectivity index (χ1v) is 5.37. The maximum absolute atomic E-state index is 11.3. The van der Waals surface area contributed by atoms with Gasteiger partial charge in [0.05, 0.1) is 5.02 Å². The Kier molecular flexibility index (Phi) is 4.43. The van der Waals surface area contributed by atoms with Crippen molar-refractivity contribution in [1.82, 2.24) is 0 Å². The molecule has 0 saturated carbocycles. The third-order valence-corrected chi connectivity index (χ3v) is 2.73. The predicted octanol–water partition coefficient (Wildman–Crippen LogP) is 3.60. The summed E-state index contributed by atoms with van der Waals surface area (Å²) in [5.41, 5.74) is 0. The first kappa shape index (κ1) is 12.3. The fraction of sp³-hybridized carbons (Fsp3) is 0.364. The summed E-state index contributed by atoms with van der Waals surface area (Å²) in [5, 5.41) is 0.766. The molecule has 82 valence electrons. The van der Waals surface area contributed by atoms with Crippen LogP contribution in [0.2, 0.25) is 10.0 Å². The van der Waals surface area contributed by atoms with Crippen molar-refractivity contribution in [2.75, 3.05) is 6.61 Å². The van der Waals surface area contributed by atoms with Crippen molar-refractivity contribution in [2.45, 2.75) is 13.8 Å². The summed E-state index contributed by atoms with van der Waals surface area (Å²) in [5.74, 6) is 0.437. The molecule has 0 unspecified atom stereocenters. The van der Waals surface area contributed by atoms with Gasteiger partial charge in [0.2, 0.25) is 0 Å². The van der Waals surface area contributed by atoms with Crippen LogP contribution < -0.4 is 4.74 Å². The number of carbonyl (C=O) groups excluding carboxylic acids is 1. The van der Waals surface area contributed by atoms with Crippen LogP contribution in [0.3, 0.4) is 0 Å². The quantitative estimate of drug-likeness (QED) is 0.812. The fourth-order valence-electron chi connectivity index (χ4n) is 0.911. The zero-order valence-electron chi connectivity index (χ0n) is 8.59. The van der Waals surface area contributed by atoms with Gasteiger partial charge in [0, 0.05) is 5.92 Å². The second kappa shape index (κ2) is 5.38. The van der Waals surface area contributed by atoms with E-state index in [4.69, 9.17) is 27.9 Å². The Bertz CT molecular complexity index is 362. The van der Waals surface area contributed by atoms with Gasteiger partial charge in [-0.1, -0.05) is 43.1 Å². The van der Waals surface area contributed by atoms with Crippen LogP contribution >= 0.6 is 23.2 Å². The largest absolute Gasteiger partial charge is 0.484 e. The lowest BCUT2D eigenvalue weighted by atomic mass is 10.1. The monoisotopic (exact) mass is 246 g/mol. The van der Waals surface area contributed by atoms with E-state index in [9.17, 15) is 4.79 Å². The SMILES string of the molecule is CC(C)C(=O)COc1cccc(Cl)c1Cl. The summed E-state index contributed by atoms with van der Waals surface area (Å²) in [7, 11) is 0. The van der Waals surface area contributed by atoms with Crippen LogP contribution in [-0.2, 0) is 4.79 Å². The van der Waals surface area contributed by atoms with Crippen molar-refractivity contribution in [3.05, 3.63) is 28.2 Å². The van der Waals surface area contributed by atoms with Gasteiger partial charge in [0.1, 0.15) is 17.4 Å². The number of hydrogen-bond acceptors (Lipinski definition) is 2. The van der Waals surface area contributed by atoms with Crippen LogP contribution in [0.15, 0.2) is 18.2 Å². The molecule has 0 aliphatic carbocycles. The minimum Gasteiger partial charge on any atom is -0.484 e. The zero-order valence-corrected chi connectivity index (χ0v) is 10.1. The second-order valence-corrected chi connectivity index (χ2v) is 4.25. The molecule has 2 nitrogen and oxygen atoms in total. The van der Waals surface area contributed by atoms with Crippen LogP contribution in [0, 0.1) is 5.92 Å². The van der Waals surface area contributed by atoms with E-state index in [1.165, 1.54) is 0 Å². The number of carbonyl (C=O) groups is 1. The molecule has 0 aliphatic heterocycles. The van der Waals surface area contributed by atoms with E-state index in [2.05, 4.69) is 0 Å². The molecular formula is C11H12Cl2O2. The maximum Gasteiger partial charge on any atom is 0.172 e. The number of ether oxygens (including phenoxy) is 1. The molecule has 0 spiro atoms. The predicted molar refractivity (Wildman–Crippen MR) is 61.8 cm³/mol. The molecule has 0 saturated heterocycles. The van der Waals surface area contributed by atoms with Gasteiger partial charge in [0.25, 0.3) is 0 Å². The van der Waals surface area contributed by atoms with Crippen molar-refractivity contribution < 1.29 is 9.53 Å². The third-order valence-electron chi connectivity index (χ3n) is 1.93. The number of benzene rings is 1. The van der Waals surface area contributed by atoms with Crippen molar-refractivity contribution in [2.24, 2.45) is 5.92 Å². The number of hydrogen-bond donors (Lipinski definition) is 0.